The first kappa shape index (κ1) is 14.7. The zero-order chi connectivity index (χ0) is 14.4. The minimum Gasteiger partial charge on any atom is -0.394 e. The van der Waals surface area contributed by atoms with Gasteiger partial charge in [-0.1, -0.05) is 37.3 Å². The maximum atomic E-state index is 12.0. The van der Waals surface area contributed by atoms with Crippen LogP contribution < -0.4 is 5.32 Å². The quantitative estimate of drug-likeness (QED) is 0.856. The van der Waals surface area contributed by atoms with Gasteiger partial charge in [0.2, 0.25) is 5.91 Å². The van der Waals surface area contributed by atoms with Crippen molar-refractivity contribution in [2.75, 3.05) is 6.61 Å². The number of nitrogens with zero attached hydrogens (tertiary/aromatic N) is 1. The molecule has 0 aliphatic carbocycles. The van der Waals surface area contributed by atoms with E-state index >= 15 is 0 Å². The van der Waals surface area contributed by atoms with E-state index in [1.807, 2.05) is 42.6 Å². The van der Waals surface area contributed by atoms with E-state index < -0.39 is 0 Å². The van der Waals surface area contributed by atoms with E-state index in [0.717, 1.165) is 22.7 Å². The maximum absolute atomic E-state index is 12.0. The van der Waals surface area contributed by atoms with Crippen LogP contribution in [0.5, 0.6) is 0 Å². The molecule has 1 atom stereocenters. The number of aliphatic hydroxyl groups excluding tert-OH is 1. The van der Waals surface area contributed by atoms with Crippen molar-refractivity contribution in [2.24, 2.45) is 0 Å². The summed E-state index contributed by atoms with van der Waals surface area (Å²) >= 11 is 1.57. The molecule has 0 saturated carbocycles. The monoisotopic (exact) mass is 290 g/mol. The van der Waals surface area contributed by atoms with Gasteiger partial charge in [-0.3, -0.25) is 4.79 Å². The third kappa shape index (κ3) is 3.88. The highest BCUT2D eigenvalue weighted by Crippen LogP contribution is 2.13. The molecule has 4 nitrogen and oxygen atoms in total. The van der Waals surface area contributed by atoms with Gasteiger partial charge in [-0.25, -0.2) is 4.98 Å². The van der Waals surface area contributed by atoms with Crippen LogP contribution >= 0.6 is 11.3 Å². The number of aliphatic hydroxyl groups is 1. The highest BCUT2D eigenvalue weighted by Gasteiger charge is 2.14. The topological polar surface area (TPSA) is 62.2 Å². The minimum absolute atomic E-state index is 0.118. The first-order valence-corrected chi connectivity index (χ1v) is 7.49. The summed E-state index contributed by atoms with van der Waals surface area (Å²) in [5, 5.41) is 15.2. The lowest BCUT2D eigenvalue weighted by Crippen LogP contribution is -2.32. The zero-order valence-corrected chi connectivity index (χ0v) is 12.2. The van der Waals surface area contributed by atoms with Gasteiger partial charge in [0, 0.05) is 5.38 Å². The first-order valence-electron chi connectivity index (χ1n) is 6.61. The highest BCUT2D eigenvalue weighted by atomic mass is 32.1. The minimum atomic E-state index is -0.368. The van der Waals surface area contributed by atoms with E-state index in [-0.39, 0.29) is 25.0 Å². The molecule has 2 rings (SSSR count). The van der Waals surface area contributed by atoms with Gasteiger partial charge in [-0.05, 0) is 12.0 Å². The van der Waals surface area contributed by atoms with Crippen molar-refractivity contribution >= 4 is 17.2 Å². The second-order valence-corrected chi connectivity index (χ2v) is 5.42. The Morgan fingerprint density at radius 3 is 2.75 bits per heavy atom. The Morgan fingerprint density at radius 2 is 2.15 bits per heavy atom. The van der Waals surface area contributed by atoms with Crippen LogP contribution in [0.1, 0.15) is 29.2 Å². The Kier molecular flexibility index (Phi) is 5.26. The van der Waals surface area contributed by atoms with Gasteiger partial charge in [0.05, 0.1) is 29.8 Å². The van der Waals surface area contributed by atoms with Crippen molar-refractivity contribution in [1.82, 2.24) is 10.3 Å². The third-order valence-electron chi connectivity index (χ3n) is 2.96. The van der Waals surface area contributed by atoms with Gasteiger partial charge >= 0.3 is 0 Å². The number of benzene rings is 1. The zero-order valence-electron chi connectivity index (χ0n) is 11.4. The van der Waals surface area contributed by atoms with Gasteiger partial charge in [0.25, 0.3) is 0 Å². The molecule has 0 bridgehead atoms. The van der Waals surface area contributed by atoms with Crippen molar-refractivity contribution in [3.05, 3.63) is 52.0 Å². The molecule has 0 spiro atoms. The van der Waals surface area contributed by atoms with Gasteiger partial charge in [-0.15, -0.1) is 11.3 Å². The molecule has 0 aliphatic heterocycles. The van der Waals surface area contributed by atoms with Crippen molar-refractivity contribution < 1.29 is 9.90 Å². The Balaban J connectivity index is 1.96. The van der Waals surface area contributed by atoms with Crippen molar-refractivity contribution in [3.63, 3.8) is 0 Å². The lowest BCUT2D eigenvalue weighted by molar-refractivity contribution is -0.121. The summed E-state index contributed by atoms with van der Waals surface area (Å²) in [4.78, 5) is 16.4. The van der Waals surface area contributed by atoms with Crippen LogP contribution in [0.25, 0.3) is 0 Å². The smallest absolute Gasteiger partial charge is 0.226 e. The van der Waals surface area contributed by atoms with Crippen LogP contribution in [-0.4, -0.2) is 22.6 Å². The van der Waals surface area contributed by atoms with E-state index in [1.54, 1.807) is 11.3 Å². The lowest BCUT2D eigenvalue weighted by Gasteiger charge is -2.16. The number of hydrogen-bond acceptors (Lipinski definition) is 4. The molecule has 0 fully saturated rings. The Hall–Kier alpha value is -1.72. The van der Waals surface area contributed by atoms with Crippen LogP contribution in [0.3, 0.4) is 0 Å². The van der Waals surface area contributed by atoms with Crippen LogP contribution in [0.2, 0.25) is 0 Å². The van der Waals surface area contributed by atoms with Crippen molar-refractivity contribution in [1.29, 1.82) is 0 Å². The molecule has 5 heteroatoms. The van der Waals surface area contributed by atoms with Crippen LogP contribution in [0.15, 0.2) is 35.7 Å². The first-order chi connectivity index (χ1) is 9.72. The average molecular weight is 290 g/mol. The number of amides is 1. The van der Waals surface area contributed by atoms with Gasteiger partial charge in [-0.2, -0.15) is 0 Å². The van der Waals surface area contributed by atoms with Crippen LogP contribution in [-0.2, 0) is 17.6 Å². The lowest BCUT2D eigenvalue weighted by atomic mass is 10.1. The molecule has 20 heavy (non-hydrogen) atoms. The fourth-order valence-electron chi connectivity index (χ4n) is 1.92. The number of carbonyl (C=O) groups excluding carboxylic acids is 1. The molecule has 1 aromatic carbocycles. The largest absolute Gasteiger partial charge is 0.394 e. The molecule has 0 saturated heterocycles. The second-order valence-electron chi connectivity index (χ2n) is 4.48. The van der Waals surface area contributed by atoms with Crippen molar-refractivity contribution in [3.8, 4) is 0 Å². The molecular formula is C15H18N2O2S. The fourth-order valence-corrected chi connectivity index (χ4v) is 2.67. The summed E-state index contributed by atoms with van der Waals surface area (Å²) in [7, 11) is 0. The molecular weight excluding hydrogens is 272 g/mol. The molecule has 2 aromatic rings. The number of aromatic nitrogens is 1. The number of aryl methyl sites for hydroxylation is 1. The molecule has 0 unspecified atom stereocenters. The molecule has 0 aliphatic rings. The summed E-state index contributed by atoms with van der Waals surface area (Å²) in [6, 6.07) is 9.09. The normalized spacial score (nSPS) is 12.1. The summed E-state index contributed by atoms with van der Waals surface area (Å²) in [6.45, 7) is 1.92. The Bertz CT molecular complexity index is 554. The molecule has 0 radical (unpaired) electrons. The maximum Gasteiger partial charge on any atom is 0.226 e. The Morgan fingerprint density at radius 1 is 1.40 bits per heavy atom. The van der Waals surface area contributed by atoms with E-state index in [9.17, 15) is 9.90 Å². The number of carbonyl (C=O) groups is 1. The standard InChI is InChI=1S/C15H18N2O2S/c1-2-15-16-12(10-20-15)8-14(19)17-13(9-18)11-6-4-3-5-7-11/h3-7,10,13,18H,2,8-9H2,1H3,(H,17,19)/t13-/m1/s1. The average Bonchev–Trinajstić information content (AvgIpc) is 2.93. The third-order valence-corrected chi connectivity index (χ3v) is 4.01. The summed E-state index contributed by atoms with van der Waals surface area (Å²) in [6.07, 6.45) is 1.13. The van der Waals surface area contributed by atoms with E-state index in [4.69, 9.17) is 0 Å². The predicted molar refractivity (Wildman–Crippen MR) is 79.6 cm³/mol. The molecule has 1 aromatic heterocycles. The SMILES string of the molecule is CCc1nc(CC(=O)N[C@H](CO)c2ccccc2)cs1. The van der Waals surface area contributed by atoms with Crippen LogP contribution in [0, 0.1) is 0 Å². The molecule has 1 amide bonds. The molecule has 1 heterocycles. The van der Waals surface area contributed by atoms with Crippen LogP contribution in [0.4, 0.5) is 0 Å². The van der Waals surface area contributed by atoms with Crippen molar-refractivity contribution in [2.45, 2.75) is 25.8 Å². The van der Waals surface area contributed by atoms with E-state index in [0.29, 0.717) is 0 Å². The summed E-state index contributed by atoms with van der Waals surface area (Å²) < 4.78 is 0. The molecule has 2 N–H and O–H groups in total. The number of rotatable bonds is 6. The van der Waals surface area contributed by atoms with E-state index in [1.165, 1.54) is 0 Å². The molecule has 106 valence electrons. The predicted octanol–water partition coefficient (Wildman–Crippen LogP) is 2.10. The van der Waals surface area contributed by atoms with Gasteiger partial charge in [0.1, 0.15) is 0 Å². The Labute approximate surface area is 122 Å². The highest BCUT2D eigenvalue weighted by molar-refractivity contribution is 7.09. The number of nitrogens with one attached hydrogen (secondary N) is 1. The summed E-state index contributed by atoms with van der Waals surface area (Å²) in [5.41, 5.74) is 1.69. The number of hydrogen-bond donors (Lipinski definition) is 2. The summed E-state index contributed by atoms with van der Waals surface area (Å²) in [5.74, 6) is -0.124. The van der Waals surface area contributed by atoms with Gasteiger partial charge < -0.3 is 10.4 Å². The number of thiazole rings is 1. The van der Waals surface area contributed by atoms with Gasteiger partial charge in [0.15, 0.2) is 0 Å². The fraction of sp³-hybridized carbons (Fsp3) is 0.333. The second kappa shape index (κ2) is 7.17. The van der Waals surface area contributed by atoms with E-state index in [2.05, 4.69) is 10.3 Å².